The summed E-state index contributed by atoms with van der Waals surface area (Å²) in [5, 5.41) is 7.73. The lowest BCUT2D eigenvalue weighted by Crippen LogP contribution is -2.33. The fourth-order valence-corrected chi connectivity index (χ4v) is 3.25. The third-order valence-electron chi connectivity index (χ3n) is 4.47. The molecule has 0 spiro atoms. The maximum atomic E-state index is 6.17. The Morgan fingerprint density at radius 1 is 1.08 bits per heavy atom. The standard InChI is InChI=1S/C20H25ClN2O/c21-19-6-7-20(24-15-17-4-2-1-3-5-17)18(12-19)14-23-13-16-8-10-22-11-9-16/h1-7,12,16,22-23H,8-11,13-15H2. The molecule has 0 saturated carbocycles. The summed E-state index contributed by atoms with van der Waals surface area (Å²) in [7, 11) is 0. The molecule has 1 aliphatic rings. The van der Waals surface area contributed by atoms with E-state index in [1.165, 1.54) is 18.4 Å². The minimum absolute atomic E-state index is 0.573. The van der Waals surface area contributed by atoms with Crippen LogP contribution in [-0.2, 0) is 13.2 Å². The maximum Gasteiger partial charge on any atom is 0.124 e. The first-order valence-electron chi connectivity index (χ1n) is 8.68. The van der Waals surface area contributed by atoms with E-state index in [-0.39, 0.29) is 0 Å². The smallest absolute Gasteiger partial charge is 0.124 e. The van der Waals surface area contributed by atoms with E-state index in [9.17, 15) is 0 Å². The molecule has 3 rings (SSSR count). The SMILES string of the molecule is Clc1ccc(OCc2ccccc2)c(CNCC2CCNCC2)c1. The number of piperidine rings is 1. The van der Waals surface area contributed by atoms with Gasteiger partial charge in [0.1, 0.15) is 12.4 Å². The van der Waals surface area contributed by atoms with Crippen LogP contribution in [0, 0.1) is 5.92 Å². The average Bonchev–Trinajstić information content (AvgIpc) is 2.63. The molecule has 4 heteroatoms. The van der Waals surface area contributed by atoms with Gasteiger partial charge in [0.25, 0.3) is 0 Å². The summed E-state index contributed by atoms with van der Waals surface area (Å²) in [6.07, 6.45) is 2.50. The number of hydrogen-bond acceptors (Lipinski definition) is 3. The van der Waals surface area contributed by atoms with Gasteiger partial charge in [0, 0.05) is 17.1 Å². The molecule has 2 aromatic carbocycles. The van der Waals surface area contributed by atoms with Gasteiger partial charge in [-0.2, -0.15) is 0 Å². The number of rotatable bonds is 7. The van der Waals surface area contributed by atoms with Gasteiger partial charge >= 0.3 is 0 Å². The lowest BCUT2D eigenvalue weighted by molar-refractivity contribution is 0.301. The van der Waals surface area contributed by atoms with Crippen molar-refractivity contribution in [3.05, 3.63) is 64.7 Å². The minimum atomic E-state index is 0.573. The highest BCUT2D eigenvalue weighted by Crippen LogP contribution is 2.24. The van der Waals surface area contributed by atoms with E-state index in [4.69, 9.17) is 16.3 Å². The first-order valence-corrected chi connectivity index (χ1v) is 9.05. The Balaban J connectivity index is 1.56. The van der Waals surface area contributed by atoms with Gasteiger partial charge < -0.3 is 15.4 Å². The molecule has 0 atom stereocenters. The Morgan fingerprint density at radius 3 is 2.67 bits per heavy atom. The van der Waals surface area contributed by atoms with Crippen molar-refractivity contribution >= 4 is 11.6 Å². The van der Waals surface area contributed by atoms with Gasteiger partial charge in [0.2, 0.25) is 0 Å². The monoisotopic (exact) mass is 344 g/mol. The van der Waals surface area contributed by atoms with Gasteiger partial charge in [0.15, 0.2) is 0 Å². The van der Waals surface area contributed by atoms with E-state index in [0.717, 1.165) is 48.4 Å². The number of nitrogens with one attached hydrogen (secondary N) is 2. The number of hydrogen-bond donors (Lipinski definition) is 2. The molecule has 1 saturated heterocycles. The van der Waals surface area contributed by atoms with Crippen LogP contribution >= 0.6 is 11.6 Å². The highest BCUT2D eigenvalue weighted by atomic mass is 35.5. The van der Waals surface area contributed by atoms with Gasteiger partial charge in [0.05, 0.1) is 0 Å². The number of benzene rings is 2. The Kier molecular flexibility index (Phi) is 6.53. The zero-order valence-electron chi connectivity index (χ0n) is 13.9. The lowest BCUT2D eigenvalue weighted by atomic mass is 9.98. The molecule has 2 N–H and O–H groups in total. The Hall–Kier alpha value is -1.55. The van der Waals surface area contributed by atoms with E-state index in [1.54, 1.807) is 0 Å². The third kappa shape index (κ3) is 5.23. The first-order chi connectivity index (χ1) is 11.8. The highest BCUT2D eigenvalue weighted by molar-refractivity contribution is 6.30. The van der Waals surface area contributed by atoms with Gasteiger partial charge in [-0.3, -0.25) is 0 Å². The van der Waals surface area contributed by atoms with Crippen molar-refractivity contribution in [2.24, 2.45) is 5.92 Å². The molecule has 0 amide bonds. The van der Waals surface area contributed by atoms with Crippen molar-refractivity contribution < 1.29 is 4.74 Å². The Morgan fingerprint density at radius 2 is 1.88 bits per heavy atom. The number of ether oxygens (including phenoxy) is 1. The van der Waals surface area contributed by atoms with Crippen molar-refractivity contribution in [2.45, 2.75) is 26.0 Å². The summed E-state index contributed by atoms with van der Waals surface area (Å²) in [4.78, 5) is 0. The van der Waals surface area contributed by atoms with Crippen LogP contribution in [-0.4, -0.2) is 19.6 Å². The predicted octanol–water partition coefficient (Wildman–Crippen LogP) is 4.01. The molecule has 1 aliphatic heterocycles. The quantitative estimate of drug-likeness (QED) is 0.796. The van der Waals surface area contributed by atoms with Crippen LogP contribution in [0.5, 0.6) is 5.75 Å². The van der Waals surface area contributed by atoms with E-state index in [2.05, 4.69) is 22.8 Å². The van der Waals surface area contributed by atoms with Crippen LogP contribution < -0.4 is 15.4 Å². The molecular formula is C20H25ClN2O. The molecule has 1 fully saturated rings. The van der Waals surface area contributed by atoms with E-state index in [0.29, 0.717) is 6.61 Å². The molecule has 2 aromatic rings. The predicted molar refractivity (Wildman–Crippen MR) is 99.5 cm³/mol. The zero-order valence-corrected chi connectivity index (χ0v) is 14.7. The normalized spacial score (nSPS) is 15.4. The van der Waals surface area contributed by atoms with Gasteiger partial charge in [-0.15, -0.1) is 0 Å². The molecule has 24 heavy (non-hydrogen) atoms. The van der Waals surface area contributed by atoms with Crippen LogP contribution in [0.25, 0.3) is 0 Å². The molecular weight excluding hydrogens is 320 g/mol. The molecule has 128 valence electrons. The summed E-state index contributed by atoms with van der Waals surface area (Å²) in [5.74, 6) is 1.67. The van der Waals surface area contributed by atoms with Crippen LogP contribution in [0.1, 0.15) is 24.0 Å². The van der Waals surface area contributed by atoms with Crippen LogP contribution in [0.2, 0.25) is 5.02 Å². The summed E-state index contributed by atoms with van der Waals surface area (Å²) >= 11 is 6.17. The molecule has 0 bridgehead atoms. The van der Waals surface area contributed by atoms with Crippen molar-refractivity contribution in [1.82, 2.24) is 10.6 Å². The topological polar surface area (TPSA) is 33.3 Å². The molecule has 3 nitrogen and oxygen atoms in total. The third-order valence-corrected chi connectivity index (χ3v) is 4.70. The van der Waals surface area contributed by atoms with Crippen LogP contribution in [0.15, 0.2) is 48.5 Å². The van der Waals surface area contributed by atoms with E-state index < -0.39 is 0 Å². The molecule has 0 aromatic heterocycles. The fraction of sp³-hybridized carbons (Fsp3) is 0.400. The van der Waals surface area contributed by atoms with Crippen LogP contribution in [0.4, 0.5) is 0 Å². The van der Waals surface area contributed by atoms with Crippen molar-refractivity contribution in [3.8, 4) is 5.75 Å². The summed E-state index contributed by atoms with van der Waals surface area (Å²) < 4.78 is 6.01. The molecule has 0 radical (unpaired) electrons. The van der Waals surface area contributed by atoms with Crippen LogP contribution in [0.3, 0.4) is 0 Å². The fourth-order valence-electron chi connectivity index (χ4n) is 3.06. The largest absolute Gasteiger partial charge is 0.489 e. The second-order valence-corrected chi connectivity index (χ2v) is 6.79. The van der Waals surface area contributed by atoms with Gasteiger partial charge in [-0.25, -0.2) is 0 Å². The minimum Gasteiger partial charge on any atom is -0.489 e. The highest BCUT2D eigenvalue weighted by Gasteiger charge is 2.13. The van der Waals surface area contributed by atoms with Gasteiger partial charge in [-0.05, 0) is 62.2 Å². The molecule has 0 unspecified atom stereocenters. The van der Waals surface area contributed by atoms with E-state index in [1.807, 2.05) is 36.4 Å². The second-order valence-electron chi connectivity index (χ2n) is 6.35. The molecule has 1 heterocycles. The first kappa shape index (κ1) is 17.3. The van der Waals surface area contributed by atoms with E-state index >= 15 is 0 Å². The lowest BCUT2D eigenvalue weighted by Gasteiger charge is -2.23. The Labute approximate surface area is 149 Å². The number of halogens is 1. The zero-order chi connectivity index (χ0) is 16.6. The van der Waals surface area contributed by atoms with Crippen molar-refractivity contribution in [1.29, 1.82) is 0 Å². The Bertz CT molecular complexity index is 627. The maximum absolute atomic E-state index is 6.17. The molecule has 0 aliphatic carbocycles. The summed E-state index contributed by atoms with van der Waals surface area (Å²) in [6.45, 7) is 4.68. The summed E-state index contributed by atoms with van der Waals surface area (Å²) in [5.41, 5.74) is 2.29. The summed E-state index contributed by atoms with van der Waals surface area (Å²) in [6, 6.07) is 16.1. The second kappa shape index (κ2) is 9.07. The van der Waals surface area contributed by atoms with Crippen molar-refractivity contribution in [3.63, 3.8) is 0 Å². The van der Waals surface area contributed by atoms with Gasteiger partial charge in [-0.1, -0.05) is 41.9 Å². The van der Waals surface area contributed by atoms with Crippen molar-refractivity contribution in [2.75, 3.05) is 19.6 Å². The average molecular weight is 345 g/mol.